The van der Waals surface area contributed by atoms with Crippen molar-refractivity contribution in [1.82, 2.24) is 0 Å². The molecule has 4 rings (SSSR count). The highest BCUT2D eigenvalue weighted by molar-refractivity contribution is 5.90. The molecule has 0 aromatic heterocycles. The Morgan fingerprint density at radius 2 is 2.00 bits per heavy atom. The first-order valence-corrected chi connectivity index (χ1v) is 6.57. The van der Waals surface area contributed by atoms with Gasteiger partial charge < -0.3 is 0 Å². The molecule has 4 aliphatic carbocycles. The number of hydrogen-bond acceptors (Lipinski definition) is 2. The van der Waals surface area contributed by atoms with Crippen LogP contribution in [0.3, 0.4) is 0 Å². The van der Waals surface area contributed by atoms with Gasteiger partial charge in [-0.2, -0.15) is 0 Å². The fourth-order valence-corrected chi connectivity index (χ4v) is 4.68. The minimum absolute atomic E-state index is 0.00766. The molecule has 0 saturated heterocycles. The number of rotatable bonds is 0. The molecule has 0 aromatic carbocycles. The largest absolute Gasteiger partial charge is 0.299 e. The minimum Gasteiger partial charge on any atom is -0.299 e. The summed E-state index contributed by atoms with van der Waals surface area (Å²) in [6.45, 7) is 4.33. The third-order valence-electron chi connectivity index (χ3n) is 5.28. The van der Waals surface area contributed by atoms with Gasteiger partial charge in [0.05, 0.1) is 0 Å². The Kier molecular flexibility index (Phi) is 2.08. The van der Waals surface area contributed by atoms with E-state index >= 15 is 0 Å². The molecule has 0 heterocycles. The van der Waals surface area contributed by atoms with Crippen LogP contribution in [0.1, 0.15) is 46.0 Å². The molecule has 0 aliphatic heterocycles. The van der Waals surface area contributed by atoms with E-state index in [0.717, 1.165) is 25.7 Å². The smallest absolute Gasteiger partial charge is 0.137 e. The molecular formula is C14H20O2. The second-order valence-corrected chi connectivity index (χ2v) is 6.60. The predicted octanol–water partition coefficient (Wildman–Crippen LogP) is 2.61. The van der Waals surface area contributed by atoms with E-state index in [1.165, 1.54) is 0 Å². The minimum atomic E-state index is 0.00766. The molecule has 4 aliphatic rings. The van der Waals surface area contributed by atoms with Crippen LogP contribution in [-0.2, 0) is 9.59 Å². The quantitative estimate of drug-likeness (QED) is 0.629. The van der Waals surface area contributed by atoms with Crippen LogP contribution < -0.4 is 0 Å². The van der Waals surface area contributed by atoms with Crippen molar-refractivity contribution >= 4 is 11.6 Å². The monoisotopic (exact) mass is 220 g/mol. The average molecular weight is 220 g/mol. The van der Waals surface area contributed by atoms with Gasteiger partial charge in [-0.25, -0.2) is 0 Å². The van der Waals surface area contributed by atoms with Crippen molar-refractivity contribution in [2.75, 3.05) is 0 Å². The molecule has 0 unspecified atom stereocenters. The van der Waals surface area contributed by atoms with Crippen molar-refractivity contribution in [3.8, 4) is 0 Å². The van der Waals surface area contributed by atoms with Crippen molar-refractivity contribution in [3.63, 3.8) is 0 Å². The first kappa shape index (κ1) is 10.5. The van der Waals surface area contributed by atoms with E-state index in [4.69, 9.17) is 0 Å². The highest BCUT2D eigenvalue weighted by Crippen LogP contribution is 2.58. The third-order valence-corrected chi connectivity index (χ3v) is 5.28. The number of ketones is 2. The van der Waals surface area contributed by atoms with Crippen molar-refractivity contribution < 1.29 is 9.59 Å². The summed E-state index contributed by atoms with van der Waals surface area (Å²) in [7, 11) is 0. The van der Waals surface area contributed by atoms with Crippen LogP contribution in [0.4, 0.5) is 0 Å². The van der Waals surface area contributed by atoms with Crippen molar-refractivity contribution in [2.24, 2.45) is 29.1 Å². The Hall–Kier alpha value is -0.660. The molecule has 0 N–H and O–H groups in total. The molecule has 0 amide bonds. The molecule has 2 heteroatoms. The highest BCUT2D eigenvalue weighted by atomic mass is 16.1. The number of fused-ring (bicyclic) bond motifs is 2. The summed E-state index contributed by atoms with van der Waals surface area (Å²) in [4.78, 5) is 24.2. The Morgan fingerprint density at radius 1 is 1.25 bits per heavy atom. The zero-order valence-corrected chi connectivity index (χ0v) is 10.2. The lowest BCUT2D eigenvalue weighted by Crippen LogP contribution is -2.56. The van der Waals surface area contributed by atoms with Gasteiger partial charge >= 0.3 is 0 Å². The maximum Gasteiger partial charge on any atom is 0.137 e. The van der Waals surface area contributed by atoms with E-state index < -0.39 is 0 Å². The summed E-state index contributed by atoms with van der Waals surface area (Å²) < 4.78 is 0. The van der Waals surface area contributed by atoms with Crippen molar-refractivity contribution in [1.29, 1.82) is 0 Å². The van der Waals surface area contributed by atoms with E-state index in [1.54, 1.807) is 0 Å². The molecule has 0 radical (unpaired) electrons. The summed E-state index contributed by atoms with van der Waals surface area (Å²) in [6.07, 6.45) is 4.64. The second-order valence-electron chi connectivity index (χ2n) is 6.60. The lowest BCUT2D eigenvalue weighted by molar-refractivity contribution is -0.158. The van der Waals surface area contributed by atoms with Gasteiger partial charge in [0.25, 0.3) is 0 Å². The molecule has 2 bridgehead atoms. The SMILES string of the molecule is C[C@@H]1CC(=O)[C@@H]2[C@@H](C1)[C@@H]1CC[C@]2(C)CC1=O. The number of carbonyl (C=O) groups excluding carboxylic acids is 2. The molecule has 2 nitrogen and oxygen atoms in total. The Morgan fingerprint density at radius 3 is 2.69 bits per heavy atom. The Balaban J connectivity index is 2.00. The lowest BCUT2D eigenvalue weighted by Gasteiger charge is -2.56. The molecule has 0 aromatic rings. The van der Waals surface area contributed by atoms with Gasteiger partial charge in [0.1, 0.15) is 11.6 Å². The van der Waals surface area contributed by atoms with Gasteiger partial charge in [-0.1, -0.05) is 13.8 Å². The fourth-order valence-electron chi connectivity index (χ4n) is 4.68. The van der Waals surface area contributed by atoms with Crippen LogP contribution in [0.15, 0.2) is 0 Å². The summed E-state index contributed by atoms with van der Waals surface area (Å²) in [5, 5.41) is 0. The Bertz CT molecular complexity index is 360. The predicted molar refractivity (Wildman–Crippen MR) is 60.8 cm³/mol. The summed E-state index contributed by atoms with van der Waals surface area (Å²) >= 11 is 0. The molecule has 4 saturated carbocycles. The molecule has 5 atom stereocenters. The molecule has 16 heavy (non-hydrogen) atoms. The molecule has 88 valence electrons. The standard InChI is InChI=1S/C14H20O2/c1-8-5-10-9-3-4-14(2,7-12(9)16)13(10)11(15)6-8/h8-10,13H,3-7H2,1-2H3/t8-,9-,10-,13-,14+/m0/s1. The van der Waals surface area contributed by atoms with E-state index in [2.05, 4.69) is 13.8 Å². The maximum absolute atomic E-state index is 12.2. The molecular weight excluding hydrogens is 200 g/mol. The van der Waals surface area contributed by atoms with Crippen LogP contribution in [0.2, 0.25) is 0 Å². The van der Waals surface area contributed by atoms with E-state index in [0.29, 0.717) is 29.8 Å². The fraction of sp³-hybridized carbons (Fsp3) is 0.857. The second kappa shape index (κ2) is 3.18. The summed E-state index contributed by atoms with van der Waals surface area (Å²) in [5.41, 5.74) is 0.00766. The lowest BCUT2D eigenvalue weighted by atomic mass is 9.46. The van der Waals surface area contributed by atoms with Gasteiger partial charge in [-0.15, -0.1) is 0 Å². The summed E-state index contributed by atoms with van der Waals surface area (Å²) in [5.74, 6) is 2.19. The molecule has 0 spiro atoms. The molecule has 4 fully saturated rings. The van der Waals surface area contributed by atoms with Gasteiger partial charge in [0.15, 0.2) is 0 Å². The number of carbonyl (C=O) groups is 2. The third kappa shape index (κ3) is 1.25. The number of Topliss-reactive ketones (excluding diaryl/α,β-unsaturated/α-hetero) is 2. The van der Waals surface area contributed by atoms with Gasteiger partial charge in [-0.05, 0) is 36.5 Å². The first-order chi connectivity index (χ1) is 7.51. The van der Waals surface area contributed by atoms with Crippen LogP contribution in [0, 0.1) is 29.1 Å². The van der Waals surface area contributed by atoms with E-state index in [1.807, 2.05) is 0 Å². The van der Waals surface area contributed by atoms with Crippen LogP contribution >= 0.6 is 0 Å². The van der Waals surface area contributed by atoms with Crippen LogP contribution in [-0.4, -0.2) is 11.6 Å². The number of hydrogen-bond donors (Lipinski definition) is 0. The maximum atomic E-state index is 12.2. The Labute approximate surface area is 96.8 Å². The van der Waals surface area contributed by atoms with Crippen molar-refractivity contribution in [2.45, 2.75) is 46.0 Å². The van der Waals surface area contributed by atoms with Gasteiger partial charge in [0, 0.05) is 24.7 Å². The van der Waals surface area contributed by atoms with Gasteiger partial charge in [-0.3, -0.25) is 9.59 Å². The van der Waals surface area contributed by atoms with Crippen molar-refractivity contribution in [3.05, 3.63) is 0 Å². The summed E-state index contributed by atoms with van der Waals surface area (Å²) in [6, 6.07) is 0. The van der Waals surface area contributed by atoms with Crippen LogP contribution in [0.25, 0.3) is 0 Å². The first-order valence-electron chi connectivity index (χ1n) is 6.57. The van der Waals surface area contributed by atoms with E-state index in [-0.39, 0.29) is 17.3 Å². The zero-order chi connectivity index (χ0) is 11.5. The van der Waals surface area contributed by atoms with Crippen LogP contribution in [0.5, 0.6) is 0 Å². The van der Waals surface area contributed by atoms with E-state index in [9.17, 15) is 9.59 Å². The normalized spacial score (nSPS) is 51.6. The highest BCUT2D eigenvalue weighted by Gasteiger charge is 2.58. The zero-order valence-electron chi connectivity index (χ0n) is 10.2. The average Bonchev–Trinajstić information content (AvgIpc) is 2.14. The van der Waals surface area contributed by atoms with Gasteiger partial charge in [0.2, 0.25) is 0 Å². The topological polar surface area (TPSA) is 34.1 Å².